The molecule has 21 heavy (non-hydrogen) atoms. The Morgan fingerprint density at radius 1 is 1.38 bits per heavy atom. The van der Waals surface area contributed by atoms with E-state index in [4.69, 9.17) is 0 Å². The number of hydrogen-bond acceptors (Lipinski definition) is 3. The van der Waals surface area contributed by atoms with Crippen LogP contribution in [0.1, 0.15) is 36.0 Å². The van der Waals surface area contributed by atoms with E-state index in [1.54, 1.807) is 0 Å². The van der Waals surface area contributed by atoms with E-state index in [0.717, 1.165) is 17.7 Å². The zero-order chi connectivity index (χ0) is 15.0. The van der Waals surface area contributed by atoms with Gasteiger partial charge >= 0.3 is 0 Å². The largest absolute Gasteiger partial charge is 0.277 e. The van der Waals surface area contributed by atoms with E-state index in [1.807, 2.05) is 0 Å². The van der Waals surface area contributed by atoms with Crippen LogP contribution in [-0.2, 0) is 4.79 Å². The summed E-state index contributed by atoms with van der Waals surface area (Å²) in [6.45, 7) is 0.259. The molecule has 108 valence electrons. The van der Waals surface area contributed by atoms with Gasteiger partial charge in [0.25, 0.3) is 5.91 Å². The number of carbonyl (C=O) groups excluding carboxylic acids is 2. The minimum absolute atomic E-state index is 0.259. The predicted octanol–water partition coefficient (Wildman–Crippen LogP) is 2.51. The fraction of sp³-hybridized carbons (Fsp3) is 0.438. The van der Waals surface area contributed by atoms with E-state index in [0.29, 0.717) is 18.8 Å². The van der Waals surface area contributed by atoms with Gasteiger partial charge in [0.15, 0.2) is 0 Å². The Hall–Kier alpha value is -2.22. The summed E-state index contributed by atoms with van der Waals surface area (Å²) in [5.74, 6) is -0.840. The van der Waals surface area contributed by atoms with Crippen molar-refractivity contribution in [1.82, 2.24) is 4.90 Å². The lowest BCUT2D eigenvalue weighted by molar-refractivity contribution is -0.131. The van der Waals surface area contributed by atoms with Gasteiger partial charge in [-0.3, -0.25) is 14.5 Å². The molecule has 1 aromatic rings. The zero-order valence-corrected chi connectivity index (χ0v) is 11.5. The summed E-state index contributed by atoms with van der Waals surface area (Å²) in [6, 6.07) is 7.24. The van der Waals surface area contributed by atoms with Crippen molar-refractivity contribution < 1.29 is 14.0 Å². The maximum Gasteiger partial charge on any atom is 0.260 e. The van der Waals surface area contributed by atoms with Crippen LogP contribution in [0.3, 0.4) is 0 Å². The predicted molar refractivity (Wildman–Crippen MR) is 72.4 cm³/mol. The Morgan fingerprint density at radius 3 is 2.62 bits per heavy atom. The van der Waals surface area contributed by atoms with Crippen LogP contribution < -0.4 is 0 Å². The lowest BCUT2D eigenvalue weighted by atomic mass is 9.82. The molecule has 0 bridgehead atoms. The monoisotopic (exact) mass is 286 g/mol. The molecule has 2 fully saturated rings. The first-order valence-electron chi connectivity index (χ1n) is 7.09. The van der Waals surface area contributed by atoms with Gasteiger partial charge in [-0.05, 0) is 43.0 Å². The number of halogens is 1. The number of nitrogens with zero attached hydrogens (tertiary/aromatic N) is 2. The van der Waals surface area contributed by atoms with Gasteiger partial charge in [-0.15, -0.1) is 0 Å². The Kier molecular flexibility index (Phi) is 3.25. The molecule has 2 amide bonds. The lowest BCUT2D eigenvalue weighted by Crippen LogP contribution is -2.38. The van der Waals surface area contributed by atoms with Crippen LogP contribution in [0.4, 0.5) is 4.39 Å². The average molecular weight is 286 g/mol. The lowest BCUT2D eigenvalue weighted by Gasteiger charge is -2.20. The fourth-order valence-electron chi connectivity index (χ4n) is 2.87. The Morgan fingerprint density at radius 2 is 2.05 bits per heavy atom. The van der Waals surface area contributed by atoms with Crippen molar-refractivity contribution in [2.45, 2.75) is 25.7 Å². The number of carbonyl (C=O) groups is 2. The van der Waals surface area contributed by atoms with Crippen molar-refractivity contribution in [3.8, 4) is 6.07 Å². The van der Waals surface area contributed by atoms with E-state index >= 15 is 0 Å². The normalized spacial score (nSPS) is 25.0. The highest BCUT2D eigenvalue weighted by atomic mass is 19.1. The minimum Gasteiger partial charge on any atom is -0.277 e. The van der Waals surface area contributed by atoms with Crippen LogP contribution in [0, 0.1) is 28.5 Å². The second kappa shape index (κ2) is 4.96. The molecule has 1 saturated heterocycles. The number of benzene rings is 1. The molecule has 2 aliphatic rings. The third-order valence-electron chi connectivity index (χ3n) is 4.30. The summed E-state index contributed by atoms with van der Waals surface area (Å²) in [6.07, 6.45) is 3.06. The molecule has 1 aromatic carbocycles. The van der Waals surface area contributed by atoms with Crippen molar-refractivity contribution in [2.75, 3.05) is 6.54 Å². The van der Waals surface area contributed by atoms with Crippen molar-refractivity contribution in [3.05, 3.63) is 35.6 Å². The van der Waals surface area contributed by atoms with Gasteiger partial charge in [0.1, 0.15) is 11.2 Å². The molecule has 1 heterocycles. The summed E-state index contributed by atoms with van der Waals surface area (Å²) >= 11 is 0. The molecule has 1 saturated carbocycles. The maximum atomic E-state index is 12.9. The summed E-state index contributed by atoms with van der Waals surface area (Å²) in [7, 11) is 0. The smallest absolute Gasteiger partial charge is 0.260 e. The molecular weight excluding hydrogens is 271 g/mol. The molecule has 4 nitrogen and oxygen atoms in total. The molecule has 0 N–H and O–H groups in total. The van der Waals surface area contributed by atoms with E-state index in [1.165, 1.54) is 24.3 Å². The number of hydrogen-bond donors (Lipinski definition) is 0. The highest BCUT2D eigenvalue weighted by Gasteiger charge is 2.51. The van der Waals surface area contributed by atoms with Gasteiger partial charge in [0, 0.05) is 12.1 Å². The molecule has 0 aromatic heterocycles. The number of rotatable bonds is 3. The van der Waals surface area contributed by atoms with Gasteiger partial charge < -0.3 is 0 Å². The van der Waals surface area contributed by atoms with Crippen LogP contribution in [0.15, 0.2) is 24.3 Å². The molecule has 1 unspecified atom stereocenters. The number of nitriles is 1. The fourth-order valence-corrected chi connectivity index (χ4v) is 2.87. The van der Waals surface area contributed by atoms with Crippen LogP contribution in [-0.4, -0.2) is 23.3 Å². The molecule has 1 aliphatic heterocycles. The highest BCUT2D eigenvalue weighted by molar-refractivity contribution is 6.08. The van der Waals surface area contributed by atoms with E-state index in [9.17, 15) is 19.2 Å². The topological polar surface area (TPSA) is 61.2 Å². The van der Waals surface area contributed by atoms with Crippen molar-refractivity contribution in [3.63, 3.8) is 0 Å². The quantitative estimate of drug-likeness (QED) is 0.802. The highest BCUT2D eigenvalue weighted by Crippen LogP contribution is 2.45. The van der Waals surface area contributed by atoms with Crippen molar-refractivity contribution in [1.29, 1.82) is 5.26 Å². The second-order valence-corrected chi connectivity index (χ2v) is 5.86. The number of amides is 2. The third-order valence-corrected chi connectivity index (χ3v) is 4.30. The summed E-state index contributed by atoms with van der Waals surface area (Å²) in [5.41, 5.74) is -0.776. The minimum atomic E-state index is -1.04. The number of imide groups is 1. The van der Waals surface area contributed by atoms with Gasteiger partial charge in [0.05, 0.1) is 6.07 Å². The van der Waals surface area contributed by atoms with Crippen LogP contribution in [0.2, 0.25) is 0 Å². The molecule has 0 radical (unpaired) electrons. The van der Waals surface area contributed by atoms with Gasteiger partial charge in [-0.2, -0.15) is 5.26 Å². The molecule has 1 atom stereocenters. The summed E-state index contributed by atoms with van der Waals surface area (Å²) in [4.78, 5) is 26.0. The molecule has 0 spiro atoms. The van der Waals surface area contributed by atoms with Crippen LogP contribution in [0.5, 0.6) is 0 Å². The Balaban J connectivity index is 1.80. The van der Waals surface area contributed by atoms with E-state index < -0.39 is 23.0 Å². The maximum absolute atomic E-state index is 12.9. The van der Waals surface area contributed by atoms with E-state index in [2.05, 4.69) is 6.07 Å². The van der Waals surface area contributed by atoms with Gasteiger partial charge in [0.2, 0.25) is 5.91 Å². The molecular formula is C16H15FN2O2. The molecule has 3 rings (SSSR count). The van der Waals surface area contributed by atoms with Crippen LogP contribution in [0.25, 0.3) is 0 Å². The number of likely N-dealkylation sites (tertiary alicyclic amines) is 1. The third kappa shape index (κ3) is 2.42. The zero-order valence-electron chi connectivity index (χ0n) is 11.5. The van der Waals surface area contributed by atoms with Gasteiger partial charge in [-0.25, -0.2) is 4.39 Å². The average Bonchev–Trinajstić information content (AvgIpc) is 3.24. The summed E-state index contributed by atoms with van der Waals surface area (Å²) < 4.78 is 12.9. The molecule has 5 heteroatoms. The van der Waals surface area contributed by atoms with Crippen molar-refractivity contribution in [2.24, 2.45) is 11.3 Å². The first kappa shape index (κ1) is 13.7. The Labute approximate surface area is 122 Å². The van der Waals surface area contributed by atoms with Crippen LogP contribution >= 0.6 is 0 Å². The molecule has 1 aliphatic carbocycles. The summed E-state index contributed by atoms with van der Waals surface area (Å²) in [5, 5.41) is 9.41. The second-order valence-electron chi connectivity index (χ2n) is 5.86. The Bertz CT molecular complexity index is 631. The van der Waals surface area contributed by atoms with Gasteiger partial charge in [-0.1, -0.05) is 12.8 Å². The van der Waals surface area contributed by atoms with Crippen molar-refractivity contribution >= 4 is 11.8 Å². The SMILES string of the molecule is N#CC1(CC2CC2)CCN(C(=O)c2ccc(F)cc2)C1=O. The standard InChI is InChI=1S/C16H15FN2O2/c17-13-5-3-12(4-6-13)14(20)19-8-7-16(10-18,15(19)21)9-11-1-2-11/h3-6,11H,1-2,7-9H2. The first-order chi connectivity index (χ1) is 10.1. The first-order valence-corrected chi connectivity index (χ1v) is 7.09. The van der Waals surface area contributed by atoms with E-state index in [-0.39, 0.29) is 12.1 Å².